The average Bonchev–Trinajstić information content (AvgIpc) is 2.46. The molecule has 2 rings (SSSR count). The number of hydrogen-bond donors (Lipinski definition) is 1. The van der Waals surface area contributed by atoms with Crippen LogP contribution in [-0.2, 0) is 12.8 Å². The largest absolute Gasteiger partial charge is 0.313 e. The van der Waals surface area contributed by atoms with Crippen molar-refractivity contribution in [3.63, 3.8) is 0 Å². The summed E-state index contributed by atoms with van der Waals surface area (Å²) in [5.74, 6) is 0. The highest BCUT2D eigenvalue weighted by Crippen LogP contribution is 2.27. The number of pyridine rings is 1. The van der Waals surface area contributed by atoms with Crippen molar-refractivity contribution in [2.45, 2.75) is 25.8 Å². The number of hydrogen-bond acceptors (Lipinski definition) is 2. The Morgan fingerprint density at radius 1 is 1.30 bits per heavy atom. The number of aromatic nitrogens is 1. The second-order valence-electron chi connectivity index (χ2n) is 4.71. The van der Waals surface area contributed by atoms with E-state index in [4.69, 9.17) is 11.6 Å². The highest BCUT2D eigenvalue weighted by molar-refractivity contribution is 9.10. The van der Waals surface area contributed by atoms with E-state index in [-0.39, 0.29) is 6.04 Å². The lowest BCUT2D eigenvalue weighted by Gasteiger charge is -2.20. The van der Waals surface area contributed by atoms with Gasteiger partial charge in [0.2, 0.25) is 0 Å². The summed E-state index contributed by atoms with van der Waals surface area (Å²) in [6, 6.07) is 8.38. The molecular formula is C16H18BrClN2. The SMILES string of the molecule is CCc1cnccc1C(Cc1ccc(Br)cc1Cl)NC. The van der Waals surface area contributed by atoms with Gasteiger partial charge in [0.15, 0.2) is 0 Å². The van der Waals surface area contributed by atoms with Crippen molar-refractivity contribution < 1.29 is 0 Å². The number of nitrogens with zero attached hydrogens (tertiary/aromatic N) is 1. The van der Waals surface area contributed by atoms with Gasteiger partial charge in [-0.1, -0.05) is 40.5 Å². The van der Waals surface area contributed by atoms with Crippen molar-refractivity contribution >= 4 is 27.5 Å². The molecule has 0 aliphatic heterocycles. The van der Waals surface area contributed by atoms with Crippen LogP contribution in [0.2, 0.25) is 5.02 Å². The summed E-state index contributed by atoms with van der Waals surface area (Å²) in [7, 11) is 1.98. The zero-order chi connectivity index (χ0) is 14.5. The van der Waals surface area contributed by atoms with Crippen LogP contribution in [0.3, 0.4) is 0 Å². The monoisotopic (exact) mass is 352 g/mol. The topological polar surface area (TPSA) is 24.9 Å². The van der Waals surface area contributed by atoms with E-state index in [0.717, 1.165) is 27.9 Å². The van der Waals surface area contributed by atoms with E-state index in [9.17, 15) is 0 Å². The Balaban J connectivity index is 2.29. The van der Waals surface area contributed by atoms with E-state index < -0.39 is 0 Å². The Bertz CT molecular complexity index is 586. The molecule has 0 radical (unpaired) electrons. The third-order valence-corrected chi connectivity index (χ3v) is 4.33. The molecule has 4 heteroatoms. The second kappa shape index (κ2) is 7.21. The van der Waals surface area contributed by atoms with Gasteiger partial charge in [0, 0.05) is 27.9 Å². The van der Waals surface area contributed by atoms with Gasteiger partial charge in [0.05, 0.1) is 0 Å². The normalized spacial score (nSPS) is 12.4. The van der Waals surface area contributed by atoms with Gasteiger partial charge in [0.1, 0.15) is 0 Å². The van der Waals surface area contributed by atoms with E-state index in [1.165, 1.54) is 11.1 Å². The molecule has 1 N–H and O–H groups in total. The van der Waals surface area contributed by atoms with Crippen LogP contribution in [0.5, 0.6) is 0 Å². The van der Waals surface area contributed by atoms with Gasteiger partial charge in [-0.05, 0) is 54.8 Å². The van der Waals surface area contributed by atoms with Gasteiger partial charge in [-0.2, -0.15) is 0 Å². The molecule has 1 aromatic heterocycles. The number of aryl methyl sites for hydroxylation is 1. The molecule has 1 atom stereocenters. The van der Waals surface area contributed by atoms with Gasteiger partial charge < -0.3 is 5.32 Å². The zero-order valence-corrected chi connectivity index (χ0v) is 14.0. The molecule has 1 heterocycles. The van der Waals surface area contributed by atoms with Gasteiger partial charge in [-0.15, -0.1) is 0 Å². The fourth-order valence-corrected chi connectivity index (χ4v) is 3.10. The van der Waals surface area contributed by atoms with Crippen LogP contribution in [0, 0.1) is 0 Å². The molecule has 0 aliphatic rings. The maximum atomic E-state index is 6.32. The molecule has 20 heavy (non-hydrogen) atoms. The fraction of sp³-hybridized carbons (Fsp3) is 0.312. The summed E-state index contributed by atoms with van der Waals surface area (Å²) >= 11 is 9.76. The van der Waals surface area contributed by atoms with Crippen LogP contribution in [0.25, 0.3) is 0 Å². The van der Waals surface area contributed by atoms with E-state index >= 15 is 0 Å². The standard InChI is InChI=1S/C16H18BrClN2/c1-3-11-10-20-7-6-14(11)16(19-2)8-12-4-5-13(17)9-15(12)18/h4-7,9-10,16,19H,3,8H2,1-2H3. The molecule has 0 saturated carbocycles. The highest BCUT2D eigenvalue weighted by atomic mass is 79.9. The highest BCUT2D eigenvalue weighted by Gasteiger charge is 2.15. The van der Waals surface area contributed by atoms with Gasteiger partial charge in [-0.3, -0.25) is 4.98 Å². The van der Waals surface area contributed by atoms with Crippen molar-refractivity contribution in [1.29, 1.82) is 0 Å². The Labute approximate surface area is 133 Å². The Hall–Kier alpha value is -0.900. The predicted octanol–water partition coefficient (Wildman–Crippen LogP) is 4.56. The molecule has 2 nitrogen and oxygen atoms in total. The van der Waals surface area contributed by atoms with Gasteiger partial charge in [0.25, 0.3) is 0 Å². The maximum Gasteiger partial charge on any atom is 0.0449 e. The van der Waals surface area contributed by atoms with E-state index in [1.807, 2.05) is 31.6 Å². The first-order valence-corrected chi connectivity index (χ1v) is 7.86. The fourth-order valence-electron chi connectivity index (χ4n) is 2.35. The minimum Gasteiger partial charge on any atom is -0.313 e. The summed E-state index contributed by atoms with van der Waals surface area (Å²) < 4.78 is 1.01. The zero-order valence-electron chi connectivity index (χ0n) is 11.7. The first kappa shape index (κ1) is 15.5. The van der Waals surface area contributed by atoms with Crippen molar-refractivity contribution in [3.8, 4) is 0 Å². The van der Waals surface area contributed by atoms with Gasteiger partial charge >= 0.3 is 0 Å². The lowest BCUT2D eigenvalue weighted by atomic mass is 9.95. The molecule has 2 aromatic rings. The number of rotatable bonds is 5. The first-order valence-electron chi connectivity index (χ1n) is 6.69. The molecule has 0 bridgehead atoms. The van der Waals surface area contributed by atoms with Gasteiger partial charge in [-0.25, -0.2) is 0 Å². The molecule has 0 fully saturated rings. The summed E-state index contributed by atoms with van der Waals surface area (Å²) in [5, 5.41) is 4.18. The lowest BCUT2D eigenvalue weighted by Crippen LogP contribution is -2.20. The number of halogens is 2. The quantitative estimate of drug-likeness (QED) is 0.852. The van der Waals surface area contributed by atoms with Crippen LogP contribution in [0.15, 0.2) is 41.1 Å². The minimum absolute atomic E-state index is 0.242. The molecule has 0 spiro atoms. The molecular weight excluding hydrogens is 336 g/mol. The smallest absolute Gasteiger partial charge is 0.0449 e. The maximum absolute atomic E-state index is 6.32. The minimum atomic E-state index is 0.242. The number of likely N-dealkylation sites (N-methyl/N-ethyl adjacent to an activating group) is 1. The summed E-state index contributed by atoms with van der Waals surface area (Å²) in [4.78, 5) is 4.21. The number of benzene rings is 1. The van der Waals surface area contributed by atoms with Crippen LogP contribution in [0.1, 0.15) is 29.7 Å². The first-order chi connectivity index (χ1) is 9.65. The third-order valence-electron chi connectivity index (χ3n) is 3.49. The van der Waals surface area contributed by atoms with E-state index in [0.29, 0.717) is 0 Å². The van der Waals surface area contributed by atoms with Crippen LogP contribution in [0.4, 0.5) is 0 Å². The van der Waals surface area contributed by atoms with Crippen molar-refractivity contribution in [2.75, 3.05) is 7.05 Å². The average molecular weight is 354 g/mol. The molecule has 1 aromatic carbocycles. The summed E-state index contributed by atoms with van der Waals surface area (Å²) in [5.41, 5.74) is 3.72. The Morgan fingerprint density at radius 2 is 2.10 bits per heavy atom. The molecule has 106 valence electrons. The summed E-state index contributed by atoms with van der Waals surface area (Å²) in [6.07, 6.45) is 5.64. The van der Waals surface area contributed by atoms with Crippen LogP contribution < -0.4 is 5.32 Å². The van der Waals surface area contributed by atoms with E-state index in [1.54, 1.807) is 0 Å². The molecule has 0 aliphatic carbocycles. The number of nitrogens with one attached hydrogen (secondary N) is 1. The lowest BCUT2D eigenvalue weighted by molar-refractivity contribution is 0.586. The third kappa shape index (κ3) is 3.60. The Morgan fingerprint density at radius 3 is 2.75 bits per heavy atom. The molecule has 1 unspecified atom stereocenters. The van der Waals surface area contributed by atoms with Crippen LogP contribution in [-0.4, -0.2) is 12.0 Å². The van der Waals surface area contributed by atoms with Crippen molar-refractivity contribution in [1.82, 2.24) is 10.3 Å². The second-order valence-corrected chi connectivity index (χ2v) is 6.03. The Kier molecular flexibility index (Phi) is 5.58. The molecule has 0 saturated heterocycles. The van der Waals surface area contributed by atoms with E-state index in [2.05, 4.69) is 45.3 Å². The molecule has 0 amide bonds. The van der Waals surface area contributed by atoms with Crippen LogP contribution >= 0.6 is 27.5 Å². The van der Waals surface area contributed by atoms with Crippen molar-refractivity contribution in [2.24, 2.45) is 0 Å². The van der Waals surface area contributed by atoms with Crippen molar-refractivity contribution in [3.05, 3.63) is 62.8 Å². The summed E-state index contributed by atoms with van der Waals surface area (Å²) in [6.45, 7) is 2.15. The predicted molar refractivity (Wildman–Crippen MR) is 88.3 cm³/mol.